The predicted molar refractivity (Wildman–Crippen MR) is 78.4 cm³/mol. The second-order valence-electron chi connectivity index (χ2n) is 2.99. The maximum absolute atomic E-state index is 9.34. The van der Waals surface area contributed by atoms with Crippen LogP contribution in [0, 0.1) is 0 Å². The molecule has 0 bridgehead atoms. The largest absolute Gasteiger partial charge is 0.331 e. The molecule has 0 saturated heterocycles. The SMILES string of the molecule is CCC(Br)OP(O)OCCOP(O)OC(Br)CC. The van der Waals surface area contributed by atoms with Gasteiger partial charge in [-0.1, -0.05) is 45.7 Å². The van der Waals surface area contributed by atoms with Gasteiger partial charge in [-0.15, -0.1) is 0 Å². The Morgan fingerprint density at radius 3 is 1.50 bits per heavy atom. The third-order valence-electron chi connectivity index (χ3n) is 1.54. The molecule has 0 aromatic carbocycles. The second-order valence-corrected chi connectivity index (χ2v) is 6.92. The predicted octanol–water partition coefficient (Wildman–Crippen LogP) is 3.75. The van der Waals surface area contributed by atoms with Gasteiger partial charge < -0.3 is 18.8 Å². The van der Waals surface area contributed by atoms with E-state index in [1.54, 1.807) is 0 Å². The van der Waals surface area contributed by atoms with Gasteiger partial charge in [-0.2, -0.15) is 0 Å². The van der Waals surface area contributed by atoms with E-state index in [0.29, 0.717) is 0 Å². The van der Waals surface area contributed by atoms with E-state index in [0.717, 1.165) is 12.8 Å². The van der Waals surface area contributed by atoms with Gasteiger partial charge in [0.05, 0.1) is 13.2 Å². The van der Waals surface area contributed by atoms with Crippen LogP contribution < -0.4 is 0 Å². The van der Waals surface area contributed by atoms with Gasteiger partial charge >= 0.3 is 17.2 Å². The summed E-state index contributed by atoms with van der Waals surface area (Å²) in [7, 11) is -3.86. The quantitative estimate of drug-likeness (QED) is 0.294. The lowest BCUT2D eigenvalue weighted by Crippen LogP contribution is -2.05. The van der Waals surface area contributed by atoms with E-state index in [-0.39, 0.29) is 23.2 Å². The van der Waals surface area contributed by atoms with Crippen molar-refractivity contribution in [3.05, 3.63) is 0 Å². The molecule has 18 heavy (non-hydrogen) atoms. The Labute approximate surface area is 127 Å². The Bertz CT molecular complexity index is 184. The molecule has 0 rings (SSSR count). The lowest BCUT2D eigenvalue weighted by atomic mass is 10.5. The van der Waals surface area contributed by atoms with Gasteiger partial charge in [-0.05, 0) is 12.8 Å². The highest BCUT2D eigenvalue weighted by Gasteiger charge is 2.14. The highest BCUT2D eigenvalue weighted by atomic mass is 79.9. The van der Waals surface area contributed by atoms with Crippen LogP contribution in [0.15, 0.2) is 0 Å². The molecule has 0 aliphatic rings. The summed E-state index contributed by atoms with van der Waals surface area (Å²) in [4.78, 5) is 18.7. The van der Waals surface area contributed by atoms with E-state index in [2.05, 4.69) is 31.9 Å². The van der Waals surface area contributed by atoms with Gasteiger partial charge in [0.2, 0.25) is 0 Å². The third kappa shape index (κ3) is 11.4. The van der Waals surface area contributed by atoms with Crippen molar-refractivity contribution in [2.75, 3.05) is 13.2 Å². The fourth-order valence-corrected chi connectivity index (χ4v) is 2.77. The highest BCUT2D eigenvalue weighted by Crippen LogP contribution is 2.39. The molecule has 0 saturated carbocycles. The third-order valence-corrected chi connectivity index (χ3v) is 5.46. The Kier molecular flexibility index (Phi) is 13.4. The van der Waals surface area contributed by atoms with Crippen LogP contribution in [-0.2, 0) is 18.1 Å². The summed E-state index contributed by atoms with van der Waals surface area (Å²) in [5.74, 6) is 0. The molecule has 0 amide bonds. The zero-order valence-corrected chi connectivity index (χ0v) is 15.1. The molecule has 0 aromatic rings. The van der Waals surface area contributed by atoms with Crippen molar-refractivity contribution < 1.29 is 27.9 Å². The lowest BCUT2D eigenvalue weighted by Gasteiger charge is -2.16. The van der Waals surface area contributed by atoms with Crippen molar-refractivity contribution in [3.63, 3.8) is 0 Å². The number of hydrogen-bond donors (Lipinski definition) is 2. The van der Waals surface area contributed by atoms with Crippen LogP contribution in [-0.4, -0.2) is 33.0 Å². The number of rotatable bonds is 11. The van der Waals surface area contributed by atoms with E-state index in [1.165, 1.54) is 0 Å². The maximum atomic E-state index is 9.34. The first-order valence-electron chi connectivity index (χ1n) is 5.35. The van der Waals surface area contributed by atoms with Crippen molar-refractivity contribution in [2.24, 2.45) is 0 Å². The molecule has 0 fully saturated rings. The van der Waals surface area contributed by atoms with E-state index in [4.69, 9.17) is 18.1 Å². The smallest absolute Gasteiger partial charge is 0.328 e. The first-order valence-corrected chi connectivity index (χ1v) is 9.44. The van der Waals surface area contributed by atoms with Gasteiger partial charge in [0.15, 0.2) is 0 Å². The summed E-state index contributed by atoms with van der Waals surface area (Å²) < 4.78 is 20.0. The summed E-state index contributed by atoms with van der Waals surface area (Å²) in [5.41, 5.74) is 0. The van der Waals surface area contributed by atoms with Gasteiger partial charge in [-0.25, -0.2) is 0 Å². The van der Waals surface area contributed by atoms with E-state index in [1.807, 2.05) is 13.8 Å². The fraction of sp³-hybridized carbons (Fsp3) is 1.00. The molecule has 2 N–H and O–H groups in total. The van der Waals surface area contributed by atoms with Crippen LogP contribution in [0.1, 0.15) is 26.7 Å². The molecule has 0 aliphatic heterocycles. The van der Waals surface area contributed by atoms with Crippen LogP contribution in [0.3, 0.4) is 0 Å². The topological polar surface area (TPSA) is 77.4 Å². The second kappa shape index (κ2) is 12.3. The Balaban J connectivity index is 3.49. The van der Waals surface area contributed by atoms with Crippen LogP contribution in [0.5, 0.6) is 0 Å². The van der Waals surface area contributed by atoms with E-state index >= 15 is 0 Å². The average Bonchev–Trinajstić information content (AvgIpc) is 2.34. The monoisotopic (exact) mass is 430 g/mol. The molecule has 0 aromatic heterocycles. The standard InChI is InChI=1S/C8H18Br2O6P2/c1-3-7(9)15-17(11)13-5-6-14-18(12)16-8(10)4-2/h7-8,11-12H,3-6H2,1-2H3. The van der Waals surface area contributed by atoms with Crippen LogP contribution >= 0.6 is 49.1 Å². The van der Waals surface area contributed by atoms with Crippen molar-refractivity contribution in [2.45, 2.75) is 36.7 Å². The Morgan fingerprint density at radius 1 is 0.889 bits per heavy atom. The molecule has 110 valence electrons. The summed E-state index contributed by atoms with van der Waals surface area (Å²) in [6.45, 7) is 4.06. The van der Waals surface area contributed by atoms with Crippen molar-refractivity contribution in [1.29, 1.82) is 0 Å². The molecular formula is C8H18Br2O6P2. The summed E-state index contributed by atoms with van der Waals surface area (Å²) >= 11 is 6.41. The minimum atomic E-state index is -1.93. The van der Waals surface area contributed by atoms with E-state index in [9.17, 15) is 9.79 Å². The van der Waals surface area contributed by atoms with Crippen molar-refractivity contribution in [3.8, 4) is 0 Å². The molecule has 0 spiro atoms. The molecule has 0 aliphatic carbocycles. The van der Waals surface area contributed by atoms with E-state index < -0.39 is 17.2 Å². The minimum Gasteiger partial charge on any atom is -0.328 e. The number of hydrogen-bond acceptors (Lipinski definition) is 6. The molecule has 0 radical (unpaired) electrons. The first-order chi connectivity index (χ1) is 8.49. The van der Waals surface area contributed by atoms with Crippen LogP contribution in [0.2, 0.25) is 0 Å². The number of alkyl halides is 2. The van der Waals surface area contributed by atoms with Gasteiger partial charge in [-0.3, -0.25) is 9.05 Å². The highest BCUT2D eigenvalue weighted by molar-refractivity contribution is 9.09. The lowest BCUT2D eigenvalue weighted by molar-refractivity contribution is 0.138. The van der Waals surface area contributed by atoms with Crippen LogP contribution in [0.25, 0.3) is 0 Å². The minimum absolute atomic E-state index is 0.119. The zero-order valence-electron chi connectivity index (χ0n) is 10.2. The van der Waals surface area contributed by atoms with Crippen LogP contribution in [0.4, 0.5) is 0 Å². The molecule has 4 unspecified atom stereocenters. The zero-order chi connectivity index (χ0) is 14.0. The normalized spacial score (nSPS) is 18.3. The van der Waals surface area contributed by atoms with Crippen molar-refractivity contribution in [1.82, 2.24) is 0 Å². The molecular weight excluding hydrogens is 414 g/mol. The fourth-order valence-electron chi connectivity index (χ4n) is 0.636. The molecule has 4 atom stereocenters. The summed E-state index contributed by atoms with van der Waals surface area (Å²) in [5, 5.41) is -0.460. The average molecular weight is 432 g/mol. The summed E-state index contributed by atoms with van der Waals surface area (Å²) in [6.07, 6.45) is 1.44. The maximum Gasteiger partial charge on any atom is 0.331 e. The van der Waals surface area contributed by atoms with Crippen molar-refractivity contribution >= 4 is 49.1 Å². The Hall–Kier alpha value is 1.58. The molecule has 0 heterocycles. The molecule has 6 nitrogen and oxygen atoms in total. The number of halogens is 2. The van der Waals surface area contributed by atoms with Gasteiger partial charge in [0.25, 0.3) is 0 Å². The summed E-state index contributed by atoms with van der Waals surface area (Å²) in [6, 6.07) is 0. The van der Waals surface area contributed by atoms with Gasteiger partial charge in [0.1, 0.15) is 10.0 Å². The molecule has 10 heteroatoms. The first kappa shape index (κ1) is 19.6. The Morgan fingerprint density at radius 2 is 1.22 bits per heavy atom. The van der Waals surface area contributed by atoms with Gasteiger partial charge in [0, 0.05) is 0 Å².